The van der Waals surface area contributed by atoms with E-state index in [2.05, 4.69) is 30.0 Å². The van der Waals surface area contributed by atoms with E-state index < -0.39 is 0 Å². The Labute approximate surface area is 114 Å². The summed E-state index contributed by atoms with van der Waals surface area (Å²) >= 11 is 0. The molecule has 1 fully saturated rings. The summed E-state index contributed by atoms with van der Waals surface area (Å²) in [5, 5.41) is 12.0. The van der Waals surface area contributed by atoms with Gasteiger partial charge in [0.15, 0.2) is 5.84 Å². The highest BCUT2D eigenvalue weighted by atomic mass is 16.4. The van der Waals surface area contributed by atoms with Crippen molar-refractivity contribution < 1.29 is 5.21 Å². The molecule has 0 spiro atoms. The fraction of sp³-hybridized carbons (Fsp3) is 0.533. The van der Waals surface area contributed by atoms with Gasteiger partial charge in [-0.1, -0.05) is 24.6 Å². The van der Waals surface area contributed by atoms with Crippen LogP contribution in [-0.4, -0.2) is 24.1 Å². The second-order valence-electron chi connectivity index (χ2n) is 5.34. The second kappa shape index (κ2) is 5.95. The molecule has 0 radical (unpaired) electrons. The SMILES string of the molecule is CCC1CCN(c2cc(C)ccc2C(N)=NO)CC1. The fourth-order valence-corrected chi connectivity index (χ4v) is 2.76. The van der Waals surface area contributed by atoms with E-state index in [4.69, 9.17) is 10.9 Å². The van der Waals surface area contributed by atoms with Crippen molar-refractivity contribution >= 4 is 11.5 Å². The van der Waals surface area contributed by atoms with E-state index >= 15 is 0 Å². The molecule has 0 amide bonds. The summed E-state index contributed by atoms with van der Waals surface area (Å²) in [6.07, 6.45) is 3.70. The summed E-state index contributed by atoms with van der Waals surface area (Å²) in [4.78, 5) is 2.35. The molecular formula is C15H23N3O. The lowest BCUT2D eigenvalue weighted by atomic mass is 9.93. The van der Waals surface area contributed by atoms with Crippen molar-refractivity contribution in [2.45, 2.75) is 33.1 Å². The molecule has 1 aromatic rings. The van der Waals surface area contributed by atoms with Crippen LogP contribution < -0.4 is 10.6 Å². The average molecular weight is 261 g/mol. The van der Waals surface area contributed by atoms with E-state index in [1.54, 1.807) is 0 Å². The molecule has 0 atom stereocenters. The lowest BCUT2D eigenvalue weighted by molar-refractivity contribution is 0.318. The third-order valence-corrected chi connectivity index (χ3v) is 4.07. The van der Waals surface area contributed by atoms with Gasteiger partial charge in [-0.05, 0) is 43.4 Å². The first kappa shape index (κ1) is 13.7. The van der Waals surface area contributed by atoms with E-state index in [1.165, 1.54) is 24.8 Å². The maximum atomic E-state index is 8.90. The number of amidine groups is 1. The monoisotopic (exact) mass is 261 g/mol. The average Bonchev–Trinajstić information content (AvgIpc) is 2.46. The molecule has 2 rings (SSSR count). The van der Waals surface area contributed by atoms with Gasteiger partial charge in [-0.2, -0.15) is 0 Å². The minimum absolute atomic E-state index is 0.188. The van der Waals surface area contributed by atoms with Crippen LogP contribution in [0.1, 0.15) is 37.3 Å². The lowest BCUT2D eigenvalue weighted by Crippen LogP contribution is -2.35. The number of nitrogens with two attached hydrogens (primary N) is 1. The first-order valence-electron chi connectivity index (χ1n) is 6.99. The van der Waals surface area contributed by atoms with Crippen molar-refractivity contribution in [3.63, 3.8) is 0 Å². The molecule has 0 aliphatic carbocycles. The highest BCUT2D eigenvalue weighted by Crippen LogP contribution is 2.28. The van der Waals surface area contributed by atoms with Crippen LogP contribution in [0.2, 0.25) is 0 Å². The van der Waals surface area contributed by atoms with E-state index in [0.29, 0.717) is 0 Å². The number of piperidine rings is 1. The number of oxime groups is 1. The van der Waals surface area contributed by atoms with Gasteiger partial charge in [-0.3, -0.25) is 0 Å². The summed E-state index contributed by atoms with van der Waals surface area (Å²) in [5.74, 6) is 1.03. The van der Waals surface area contributed by atoms with Crippen molar-refractivity contribution in [3.8, 4) is 0 Å². The zero-order valence-corrected chi connectivity index (χ0v) is 11.8. The van der Waals surface area contributed by atoms with Crippen molar-refractivity contribution in [2.24, 2.45) is 16.8 Å². The summed E-state index contributed by atoms with van der Waals surface area (Å²) in [5.41, 5.74) is 8.89. The van der Waals surface area contributed by atoms with Crippen LogP contribution in [0.4, 0.5) is 5.69 Å². The van der Waals surface area contributed by atoms with E-state index in [1.807, 2.05) is 12.1 Å². The van der Waals surface area contributed by atoms with Crippen molar-refractivity contribution in [2.75, 3.05) is 18.0 Å². The molecule has 3 N–H and O–H groups in total. The highest BCUT2D eigenvalue weighted by molar-refractivity contribution is 6.02. The number of aryl methyl sites for hydroxylation is 1. The zero-order valence-electron chi connectivity index (χ0n) is 11.8. The van der Waals surface area contributed by atoms with Crippen molar-refractivity contribution in [1.29, 1.82) is 0 Å². The molecule has 104 valence electrons. The van der Waals surface area contributed by atoms with Gasteiger partial charge in [-0.15, -0.1) is 0 Å². The fourth-order valence-electron chi connectivity index (χ4n) is 2.76. The van der Waals surface area contributed by atoms with Crippen LogP contribution in [0.15, 0.2) is 23.4 Å². The van der Waals surface area contributed by atoms with Gasteiger partial charge in [0.05, 0.1) is 0 Å². The predicted molar refractivity (Wildman–Crippen MR) is 78.9 cm³/mol. The number of benzene rings is 1. The first-order valence-corrected chi connectivity index (χ1v) is 6.99. The Bertz CT molecular complexity index is 462. The summed E-state index contributed by atoms with van der Waals surface area (Å²) in [6.45, 7) is 6.43. The molecule has 4 heteroatoms. The Kier molecular flexibility index (Phi) is 4.30. The maximum absolute atomic E-state index is 8.90. The molecule has 4 nitrogen and oxygen atoms in total. The Morgan fingerprint density at radius 3 is 2.68 bits per heavy atom. The van der Waals surface area contributed by atoms with Crippen LogP contribution in [0.3, 0.4) is 0 Å². The summed E-state index contributed by atoms with van der Waals surface area (Å²) in [6, 6.07) is 6.06. The predicted octanol–water partition coefficient (Wildman–Crippen LogP) is 2.72. The molecule has 1 heterocycles. The molecule has 0 bridgehead atoms. The van der Waals surface area contributed by atoms with Crippen LogP contribution in [0.25, 0.3) is 0 Å². The Hall–Kier alpha value is -1.71. The molecule has 0 aromatic heterocycles. The Morgan fingerprint density at radius 2 is 2.11 bits per heavy atom. The molecular weight excluding hydrogens is 238 g/mol. The van der Waals surface area contributed by atoms with E-state index in [-0.39, 0.29) is 5.84 Å². The number of anilines is 1. The minimum atomic E-state index is 0.188. The largest absolute Gasteiger partial charge is 0.409 e. The van der Waals surface area contributed by atoms with E-state index in [9.17, 15) is 0 Å². The quantitative estimate of drug-likeness (QED) is 0.380. The number of hydrogen-bond donors (Lipinski definition) is 2. The van der Waals surface area contributed by atoms with Crippen LogP contribution in [0.5, 0.6) is 0 Å². The second-order valence-corrected chi connectivity index (χ2v) is 5.34. The van der Waals surface area contributed by atoms with Gasteiger partial charge >= 0.3 is 0 Å². The Balaban J connectivity index is 2.26. The van der Waals surface area contributed by atoms with Gasteiger partial charge in [0, 0.05) is 24.3 Å². The molecule has 1 aliphatic heterocycles. The smallest absolute Gasteiger partial charge is 0.172 e. The van der Waals surface area contributed by atoms with Crippen LogP contribution in [-0.2, 0) is 0 Å². The molecule has 1 aromatic carbocycles. The molecule has 1 saturated heterocycles. The van der Waals surface area contributed by atoms with Gasteiger partial charge in [0.25, 0.3) is 0 Å². The minimum Gasteiger partial charge on any atom is -0.409 e. The molecule has 0 saturated carbocycles. The first-order chi connectivity index (χ1) is 9.15. The zero-order chi connectivity index (χ0) is 13.8. The third-order valence-electron chi connectivity index (χ3n) is 4.07. The van der Waals surface area contributed by atoms with Gasteiger partial charge in [-0.25, -0.2) is 0 Å². The van der Waals surface area contributed by atoms with Crippen LogP contribution in [0, 0.1) is 12.8 Å². The number of nitrogens with zero attached hydrogens (tertiary/aromatic N) is 2. The summed E-state index contributed by atoms with van der Waals surface area (Å²) in [7, 11) is 0. The van der Waals surface area contributed by atoms with Gasteiger partial charge in [0.1, 0.15) is 0 Å². The summed E-state index contributed by atoms with van der Waals surface area (Å²) < 4.78 is 0. The van der Waals surface area contributed by atoms with Crippen molar-refractivity contribution in [1.82, 2.24) is 0 Å². The standard InChI is InChI=1S/C15H23N3O/c1-3-12-6-8-18(9-7-12)14-10-11(2)4-5-13(14)15(16)17-19/h4-5,10,12,19H,3,6-9H2,1-2H3,(H2,16,17). The molecule has 19 heavy (non-hydrogen) atoms. The van der Waals surface area contributed by atoms with Gasteiger partial charge in [0.2, 0.25) is 0 Å². The Morgan fingerprint density at radius 1 is 1.42 bits per heavy atom. The normalized spacial score (nSPS) is 17.8. The maximum Gasteiger partial charge on any atom is 0.172 e. The van der Waals surface area contributed by atoms with Crippen LogP contribution >= 0.6 is 0 Å². The lowest BCUT2D eigenvalue weighted by Gasteiger charge is -2.34. The van der Waals surface area contributed by atoms with Crippen molar-refractivity contribution in [3.05, 3.63) is 29.3 Å². The third kappa shape index (κ3) is 3.00. The number of rotatable bonds is 3. The molecule has 0 unspecified atom stereocenters. The number of hydrogen-bond acceptors (Lipinski definition) is 3. The van der Waals surface area contributed by atoms with Gasteiger partial charge < -0.3 is 15.8 Å². The molecule has 1 aliphatic rings. The van der Waals surface area contributed by atoms with E-state index in [0.717, 1.165) is 30.3 Å². The highest BCUT2D eigenvalue weighted by Gasteiger charge is 2.21. The topological polar surface area (TPSA) is 61.8 Å².